The van der Waals surface area contributed by atoms with E-state index < -0.39 is 0 Å². The van der Waals surface area contributed by atoms with Crippen molar-refractivity contribution in [3.8, 4) is 0 Å². The lowest BCUT2D eigenvalue weighted by atomic mass is 9.96. The summed E-state index contributed by atoms with van der Waals surface area (Å²) in [6.07, 6.45) is 3.02. The van der Waals surface area contributed by atoms with Gasteiger partial charge in [-0.3, -0.25) is 0 Å². The molecular formula is C12H18BrN3. The topological polar surface area (TPSA) is 42.2 Å². The van der Waals surface area contributed by atoms with E-state index in [4.69, 9.17) is 5.73 Å². The first-order chi connectivity index (χ1) is 7.56. The predicted octanol–water partition coefficient (Wildman–Crippen LogP) is 2.33. The molecule has 1 aromatic rings. The number of rotatable bonds is 1. The number of nitrogens with two attached hydrogens (primary N) is 1. The molecule has 2 rings (SSSR count). The summed E-state index contributed by atoms with van der Waals surface area (Å²) < 4.78 is 1.06. The van der Waals surface area contributed by atoms with Gasteiger partial charge in [-0.2, -0.15) is 0 Å². The third-order valence-electron chi connectivity index (χ3n) is 2.95. The van der Waals surface area contributed by atoms with Crippen LogP contribution in [0.15, 0.2) is 16.7 Å². The number of anilines is 1. The van der Waals surface area contributed by atoms with E-state index >= 15 is 0 Å². The van der Waals surface area contributed by atoms with Gasteiger partial charge in [0.25, 0.3) is 0 Å². The van der Waals surface area contributed by atoms with Crippen molar-refractivity contribution < 1.29 is 0 Å². The van der Waals surface area contributed by atoms with Gasteiger partial charge in [-0.1, -0.05) is 6.92 Å². The third-order valence-corrected chi connectivity index (χ3v) is 3.53. The van der Waals surface area contributed by atoms with Crippen LogP contribution in [0, 0.1) is 12.8 Å². The first kappa shape index (κ1) is 11.9. The molecule has 0 aliphatic carbocycles. The van der Waals surface area contributed by atoms with Gasteiger partial charge >= 0.3 is 0 Å². The van der Waals surface area contributed by atoms with Crippen molar-refractivity contribution in [1.82, 2.24) is 4.98 Å². The standard InChI is InChI=1S/C12H18BrN3/c1-8-4-11(13)12(15-5-8)16-6-9(2)3-10(14)7-16/h4-5,9-10H,3,6-7,14H2,1-2H3. The molecule has 1 fully saturated rings. The van der Waals surface area contributed by atoms with Crippen molar-refractivity contribution in [2.45, 2.75) is 26.3 Å². The van der Waals surface area contributed by atoms with Crippen LogP contribution in [0.5, 0.6) is 0 Å². The number of hydrogen-bond donors (Lipinski definition) is 1. The molecule has 2 unspecified atom stereocenters. The fourth-order valence-electron chi connectivity index (χ4n) is 2.33. The summed E-state index contributed by atoms with van der Waals surface area (Å²) in [5, 5.41) is 0. The number of halogens is 1. The molecule has 2 atom stereocenters. The summed E-state index contributed by atoms with van der Waals surface area (Å²) in [6.45, 7) is 6.24. The van der Waals surface area contributed by atoms with Crippen molar-refractivity contribution in [1.29, 1.82) is 0 Å². The molecule has 0 aromatic carbocycles. The van der Waals surface area contributed by atoms with Crippen LogP contribution in [-0.4, -0.2) is 24.1 Å². The minimum absolute atomic E-state index is 0.263. The van der Waals surface area contributed by atoms with Gasteiger partial charge in [0.1, 0.15) is 5.82 Å². The lowest BCUT2D eigenvalue weighted by Crippen LogP contribution is -2.46. The average Bonchev–Trinajstić information content (AvgIpc) is 2.15. The van der Waals surface area contributed by atoms with Crippen LogP contribution in [0.1, 0.15) is 18.9 Å². The van der Waals surface area contributed by atoms with Crippen molar-refractivity contribution >= 4 is 21.7 Å². The minimum atomic E-state index is 0.263. The molecule has 0 radical (unpaired) electrons. The zero-order valence-electron chi connectivity index (χ0n) is 9.78. The Morgan fingerprint density at radius 2 is 2.25 bits per heavy atom. The van der Waals surface area contributed by atoms with Crippen molar-refractivity contribution in [2.24, 2.45) is 11.7 Å². The Labute approximate surface area is 105 Å². The highest BCUT2D eigenvalue weighted by Crippen LogP contribution is 2.28. The van der Waals surface area contributed by atoms with Gasteiger partial charge in [0.15, 0.2) is 0 Å². The fourth-order valence-corrected chi connectivity index (χ4v) is 3.05. The number of hydrogen-bond acceptors (Lipinski definition) is 3. The maximum absolute atomic E-state index is 6.05. The molecular weight excluding hydrogens is 266 g/mol. The van der Waals surface area contributed by atoms with E-state index in [-0.39, 0.29) is 6.04 Å². The van der Waals surface area contributed by atoms with Gasteiger partial charge in [-0.15, -0.1) is 0 Å². The lowest BCUT2D eigenvalue weighted by Gasteiger charge is -2.36. The number of aryl methyl sites for hydroxylation is 1. The Balaban J connectivity index is 2.23. The zero-order valence-corrected chi connectivity index (χ0v) is 11.4. The molecule has 0 saturated carbocycles. The molecule has 0 spiro atoms. The second-order valence-corrected chi connectivity index (χ2v) is 5.68. The normalized spacial score (nSPS) is 25.9. The van der Waals surface area contributed by atoms with Gasteiger partial charge in [0.2, 0.25) is 0 Å². The van der Waals surface area contributed by atoms with Crippen LogP contribution >= 0.6 is 15.9 Å². The maximum atomic E-state index is 6.05. The van der Waals surface area contributed by atoms with Crippen LogP contribution in [-0.2, 0) is 0 Å². The van der Waals surface area contributed by atoms with E-state index in [0.29, 0.717) is 5.92 Å². The van der Waals surface area contributed by atoms with E-state index in [2.05, 4.69) is 38.8 Å². The summed E-state index contributed by atoms with van der Waals surface area (Å²) >= 11 is 3.58. The smallest absolute Gasteiger partial charge is 0.142 e. The highest BCUT2D eigenvalue weighted by molar-refractivity contribution is 9.10. The van der Waals surface area contributed by atoms with Crippen LogP contribution < -0.4 is 10.6 Å². The number of nitrogens with zero attached hydrogens (tertiary/aromatic N) is 2. The first-order valence-corrected chi connectivity index (χ1v) is 6.48. The molecule has 0 amide bonds. The first-order valence-electron chi connectivity index (χ1n) is 5.69. The van der Waals surface area contributed by atoms with E-state index in [1.165, 1.54) is 5.56 Å². The monoisotopic (exact) mass is 283 g/mol. The highest BCUT2D eigenvalue weighted by atomic mass is 79.9. The zero-order chi connectivity index (χ0) is 11.7. The third kappa shape index (κ3) is 2.55. The minimum Gasteiger partial charge on any atom is -0.354 e. The van der Waals surface area contributed by atoms with Crippen LogP contribution in [0.3, 0.4) is 0 Å². The van der Waals surface area contributed by atoms with E-state index in [1.54, 1.807) is 0 Å². The Bertz CT molecular complexity index is 371. The molecule has 16 heavy (non-hydrogen) atoms. The Morgan fingerprint density at radius 1 is 1.50 bits per heavy atom. The second-order valence-electron chi connectivity index (χ2n) is 4.82. The van der Waals surface area contributed by atoms with Gasteiger partial charge in [-0.25, -0.2) is 4.98 Å². The number of pyridine rings is 1. The number of piperidine rings is 1. The molecule has 1 aliphatic rings. The van der Waals surface area contributed by atoms with Crippen LogP contribution in [0.4, 0.5) is 5.82 Å². The molecule has 2 N–H and O–H groups in total. The molecule has 1 aliphatic heterocycles. The molecule has 4 heteroatoms. The fraction of sp³-hybridized carbons (Fsp3) is 0.583. The van der Waals surface area contributed by atoms with Crippen molar-refractivity contribution in [3.05, 3.63) is 22.3 Å². The summed E-state index contributed by atoms with van der Waals surface area (Å²) in [5.74, 6) is 1.66. The molecule has 88 valence electrons. The maximum Gasteiger partial charge on any atom is 0.142 e. The quantitative estimate of drug-likeness (QED) is 0.860. The average molecular weight is 284 g/mol. The molecule has 3 nitrogen and oxygen atoms in total. The van der Waals surface area contributed by atoms with Crippen LogP contribution in [0.2, 0.25) is 0 Å². The van der Waals surface area contributed by atoms with Gasteiger partial charge < -0.3 is 10.6 Å². The lowest BCUT2D eigenvalue weighted by molar-refractivity contribution is 0.399. The SMILES string of the molecule is Cc1cnc(N2CC(C)CC(N)C2)c(Br)c1. The Hall–Kier alpha value is -0.610. The summed E-state index contributed by atoms with van der Waals surface area (Å²) in [7, 11) is 0. The molecule has 1 saturated heterocycles. The summed E-state index contributed by atoms with van der Waals surface area (Å²) in [6, 6.07) is 2.37. The highest BCUT2D eigenvalue weighted by Gasteiger charge is 2.24. The molecule has 1 aromatic heterocycles. The van der Waals surface area contributed by atoms with E-state index in [1.807, 2.05) is 13.1 Å². The summed E-state index contributed by atoms with van der Waals surface area (Å²) in [4.78, 5) is 6.77. The van der Waals surface area contributed by atoms with Gasteiger partial charge in [-0.05, 0) is 46.8 Å². The van der Waals surface area contributed by atoms with Crippen molar-refractivity contribution in [2.75, 3.05) is 18.0 Å². The Kier molecular flexibility index (Phi) is 3.50. The molecule has 2 heterocycles. The summed E-state index contributed by atoms with van der Waals surface area (Å²) in [5.41, 5.74) is 7.22. The largest absolute Gasteiger partial charge is 0.354 e. The second kappa shape index (κ2) is 4.72. The van der Waals surface area contributed by atoms with E-state index in [0.717, 1.165) is 29.8 Å². The Morgan fingerprint density at radius 3 is 2.88 bits per heavy atom. The van der Waals surface area contributed by atoms with Crippen molar-refractivity contribution in [3.63, 3.8) is 0 Å². The molecule has 0 bridgehead atoms. The van der Waals surface area contributed by atoms with E-state index in [9.17, 15) is 0 Å². The van der Waals surface area contributed by atoms with Gasteiger partial charge in [0.05, 0.1) is 4.47 Å². The number of aromatic nitrogens is 1. The van der Waals surface area contributed by atoms with Crippen LogP contribution in [0.25, 0.3) is 0 Å². The van der Waals surface area contributed by atoms with Gasteiger partial charge in [0, 0.05) is 25.3 Å². The predicted molar refractivity (Wildman–Crippen MR) is 70.6 cm³/mol.